The van der Waals surface area contributed by atoms with Crippen molar-refractivity contribution < 1.29 is 32.8 Å². The first kappa shape index (κ1) is 24.1. The van der Waals surface area contributed by atoms with Gasteiger partial charge in [-0.25, -0.2) is 14.3 Å². The Balaban J connectivity index is 2.18. The third-order valence-corrected chi connectivity index (χ3v) is 4.29. The lowest BCUT2D eigenvalue weighted by atomic mass is 9.91. The number of hydrogen-bond acceptors (Lipinski definition) is 5. The van der Waals surface area contributed by atoms with Gasteiger partial charge in [-0.3, -0.25) is 19.6 Å². The largest absolute Gasteiger partial charge is 0.471 e. The number of nitrogens with one attached hydrogen (secondary N) is 3. The van der Waals surface area contributed by atoms with Gasteiger partial charge in [-0.2, -0.15) is 0 Å². The molecule has 2 rings (SSSR count). The van der Waals surface area contributed by atoms with Gasteiger partial charge in [-0.15, -0.1) is 0 Å². The summed E-state index contributed by atoms with van der Waals surface area (Å²) >= 11 is 0. The molecule has 2 aromatic rings. The van der Waals surface area contributed by atoms with Crippen molar-refractivity contribution in [2.45, 2.75) is 31.9 Å². The van der Waals surface area contributed by atoms with Crippen LogP contribution in [0.15, 0.2) is 47.3 Å². The van der Waals surface area contributed by atoms with Gasteiger partial charge >= 0.3 is 0 Å². The van der Waals surface area contributed by atoms with Crippen molar-refractivity contribution in [3.63, 3.8) is 0 Å². The Hall–Kier alpha value is -4.15. The summed E-state index contributed by atoms with van der Waals surface area (Å²) in [5.41, 5.74) is -0.0131. The van der Waals surface area contributed by atoms with Crippen LogP contribution in [-0.4, -0.2) is 40.9 Å². The van der Waals surface area contributed by atoms with Gasteiger partial charge < -0.3 is 15.1 Å². The highest BCUT2D eigenvalue weighted by Crippen LogP contribution is 2.21. The monoisotopic (exact) mass is 443 g/mol. The highest BCUT2D eigenvalue weighted by Gasteiger charge is 2.48. The summed E-state index contributed by atoms with van der Waals surface area (Å²) in [5.74, 6) is 7.76. The second kappa shape index (κ2) is 10.8. The number of hydroxylamine groups is 1. The van der Waals surface area contributed by atoms with Gasteiger partial charge in [0, 0.05) is 18.1 Å². The number of carbonyl (C=O) groups is 3. The summed E-state index contributed by atoms with van der Waals surface area (Å²) in [6, 6.07) is 5.45. The molecule has 10 heteroatoms. The molecule has 0 aliphatic rings. The van der Waals surface area contributed by atoms with Gasteiger partial charge in [0.05, 0.1) is 11.8 Å². The molecule has 32 heavy (non-hydrogen) atoms. The predicted octanol–water partition coefficient (Wildman–Crippen LogP) is 1.45. The lowest BCUT2D eigenvalue weighted by Gasteiger charge is -2.36. The molecule has 0 bridgehead atoms. The molecule has 2 atom stereocenters. The topological polar surface area (TPSA) is 121 Å². The van der Waals surface area contributed by atoms with E-state index in [2.05, 4.69) is 29.0 Å². The van der Waals surface area contributed by atoms with E-state index in [1.165, 1.54) is 42.3 Å². The molecule has 0 aliphatic carbocycles. The Labute approximate surface area is 182 Å². The van der Waals surface area contributed by atoms with Crippen LogP contribution >= 0.6 is 0 Å². The average Bonchev–Trinajstić information content (AvgIpc) is 3.27. The number of amides is 3. The van der Waals surface area contributed by atoms with E-state index in [4.69, 9.17) is 9.62 Å². The van der Waals surface area contributed by atoms with Crippen molar-refractivity contribution in [2.24, 2.45) is 0 Å². The minimum Gasteiger partial charge on any atom is -0.471 e. The Morgan fingerprint density at radius 1 is 1.06 bits per heavy atom. The third-order valence-electron chi connectivity index (χ3n) is 4.29. The maximum atomic E-state index is 13.7. The minimum atomic E-state index is -3.24. The zero-order valence-electron chi connectivity index (χ0n) is 17.0. The second-order valence-corrected chi connectivity index (χ2v) is 6.74. The van der Waals surface area contributed by atoms with Crippen LogP contribution in [0.3, 0.4) is 0 Å². The third kappa shape index (κ3) is 6.17. The maximum Gasteiger partial charge on any atom is 0.268 e. The Kier molecular flexibility index (Phi) is 8.11. The van der Waals surface area contributed by atoms with Crippen LogP contribution in [0.5, 0.6) is 0 Å². The number of rotatable bonds is 6. The molecule has 3 amide bonds. The lowest BCUT2D eigenvalue weighted by Crippen LogP contribution is -2.68. The molecule has 1 aromatic heterocycles. The number of carbonyl (C=O) groups excluding carboxylic acids is 3. The van der Waals surface area contributed by atoms with E-state index < -0.39 is 35.7 Å². The van der Waals surface area contributed by atoms with Crippen molar-refractivity contribution in [3.05, 3.63) is 59.5 Å². The first-order chi connectivity index (χ1) is 15.2. The molecule has 0 aliphatic heterocycles. The molecule has 0 spiro atoms. The van der Waals surface area contributed by atoms with Crippen molar-refractivity contribution >= 4 is 17.7 Å². The van der Waals surface area contributed by atoms with Gasteiger partial charge in [0.25, 0.3) is 18.2 Å². The van der Waals surface area contributed by atoms with Gasteiger partial charge in [0.2, 0.25) is 5.91 Å². The zero-order valence-corrected chi connectivity index (χ0v) is 17.0. The lowest BCUT2D eigenvalue weighted by molar-refractivity contribution is -0.137. The summed E-state index contributed by atoms with van der Waals surface area (Å²) in [6.45, 7) is 1.86. The van der Waals surface area contributed by atoms with Gasteiger partial charge in [0.15, 0.2) is 0 Å². The molecule has 0 fully saturated rings. The van der Waals surface area contributed by atoms with E-state index in [0.29, 0.717) is 11.1 Å². The first-order valence-corrected chi connectivity index (χ1v) is 9.13. The normalized spacial score (nSPS) is 12.8. The molecular weight excluding hydrogens is 424 g/mol. The van der Waals surface area contributed by atoms with Crippen LogP contribution in [-0.2, 0) is 9.59 Å². The number of hydrogen-bond donors (Lipinski definition) is 4. The van der Waals surface area contributed by atoms with Gasteiger partial charge in [-0.05, 0) is 55.0 Å². The smallest absolute Gasteiger partial charge is 0.268 e. The first-order valence-electron chi connectivity index (χ1n) is 9.13. The van der Waals surface area contributed by atoms with Crippen LogP contribution in [0, 0.1) is 23.7 Å². The van der Waals surface area contributed by atoms with Crippen LogP contribution < -0.4 is 16.1 Å². The number of alkyl halides is 2. The maximum absolute atomic E-state index is 13.7. The minimum absolute atomic E-state index is 0.0372. The summed E-state index contributed by atoms with van der Waals surface area (Å²) < 4.78 is 32.2. The van der Waals surface area contributed by atoms with Gasteiger partial charge in [-0.1, -0.05) is 5.92 Å². The van der Waals surface area contributed by atoms with Crippen molar-refractivity contribution in [1.82, 2.24) is 16.1 Å². The van der Waals surface area contributed by atoms with Crippen LogP contribution in [0.1, 0.15) is 35.3 Å². The standard InChI is InChI=1S/C22H19F2N3O5/c1-14(28)26-22(2,21(23)24)18(20(30)27-31)25-19(29)17-9-7-15(8-10-17)5-3-4-6-16-11-12-32-13-16/h7-13,18,21,31H,1-2H3,(H,25,29)(H,26,28)(H,27,30)/t18-,22?/m1/s1. The SMILES string of the molecule is CC(=O)NC(C)(C(F)F)[C@H](NC(=O)c1ccc(C#CC#Cc2ccoc2)cc1)C(=O)NO. The Bertz CT molecular complexity index is 1090. The Morgan fingerprint density at radius 3 is 2.19 bits per heavy atom. The van der Waals surface area contributed by atoms with E-state index in [9.17, 15) is 23.2 Å². The molecule has 1 heterocycles. The summed E-state index contributed by atoms with van der Waals surface area (Å²) in [4.78, 5) is 35.9. The van der Waals surface area contributed by atoms with Gasteiger partial charge in [0.1, 0.15) is 17.8 Å². The van der Waals surface area contributed by atoms with Crippen LogP contribution in [0.25, 0.3) is 0 Å². The molecule has 4 N–H and O–H groups in total. The molecule has 8 nitrogen and oxygen atoms in total. The summed E-state index contributed by atoms with van der Waals surface area (Å²) in [5, 5.41) is 13.0. The highest BCUT2D eigenvalue weighted by atomic mass is 19.3. The fraction of sp³-hybridized carbons (Fsp3) is 0.227. The molecule has 0 saturated heterocycles. The van der Waals surface area contributed by atoms with Crippen molar-refractivity contribution in [2.75, 3.05) is 0 Å². The van der Waals surface area contributed by atoms with E-state index in [1.807, 2.05) is 5.32 Å². The number of benzene rings is 1. The average molecular weight is 443 g/mol. The Morgan fingerprint density at radius 2 is 1.69 bits per heavy atom. The van der Waals surface area contributed by atoms with Crippen LogP contribution in [0.4, 0.5) is 8.78 Å². The van der Waals surface area contributed by atoms with Crippen LogP contribution in [0.2, 0.25) is 0 Å². The van der Waals surface area contributed by atoms with E-state index in [0.717, 1.165) is 13.8 Å². The molecule has 0 radical (unpaired) electrons. The summed E-state index contributed by atoms with van der Waals surface area (Å²) in [6.07, 6.45) is -0.289. The second-order valence-electron chi connectivity index (χ2n) is 6.74. The predicted molar refractivity (Wildman–Crippen MR) is 108 cm³/mol. The fourth-order valence-electron chi connectivity index (χ4n) is 2.65. The molecule has 1 unspecified atom stereocenters. The molecule has 1 aromatic carbocycles. The summed E-state index contributed by atoms with van der Waals surface area (Å²) in [7, 11) is 0. The molecule has 166 valence electrons. The molecule has 0 saturated carbocycles. The zero-order chi connectivity index (χ0) is 23.7. The van der Waals surface area contributed by atoms with E-state index in [-0.39, 0.29) is 5.56 Å². The quantitative estimate of drug-likeness (QED) is 0.306. The van der Waals surface area contributed by atoms with E-state index >= 15 is 0 Å². The van der Waals surface area contributed by atoms with Crippen molar-refractivity contribution in [3.8, 4) is 23.7 Å². The molecular formula is C22H19F2N3O5. The number of furan rings is 1. The van der Waals surface area contributed by atoms with Crippen molar-refractivity contribution in [1.29, 1.82) is 0 Å². The highest BCUT2D eigenvalue weighted by molar-refractivity contribution is 5.98. The van der Waals surface area contributed by atoms with E-state index in [1.54, 1.807) is 6.07 Å². The number of halogens is 2. The fourth-order valence-corrected chi connectivity index (χ4v) is 2.65.